The summed E-state index contributed by atoms with van der Waals surface area (Å²) in [6.07, 6.45) is 1.41. The SMILES string of the molecule is CCC(C)NC(=O)C1CCN(c2cccc(OC)c2)C1=O. The number of benzene rings is 1. The van der Waals surface area contributed by atoms with Crippen LogP contribution in [0.3, 0.4) is 0 Å². The summed E-state index contributed by atoms with van der Waals surface area (Å²) in [6.45, 7) is 4.51. The van der Waals surface area contributed by atoms with Crippen molar-refractivity contribution in [2.45, 2.75) is 32.7 Å². The minimum atomic E-state index is -0.579. The Morgan fingerprint density at radius 2 is 2.29 bits per heavy atom. The first-order valence-electron chi connectivity index (χ1n) is 7.32. The number of carbonyl (C=O) groups excluding carboxylic acids is 2. The normalized spacial score (nSPS) is 19.5. The second kappa shape index (κ2) is 6.61. The van der Waals surface area contributed by atoms with Crippen molar-refractivity contribution in [3.63, 3.8) is 0 Å². The van der Waals surface area contributed by atoms with Gasteiger partial charge in [0, 0.05) is 24.3 Å². The molecule has 5 heteroatoms. The molecule has 1 saturated heterocycles. The lowest BCUT2D eigenvalue weighted by atomic mass is 10.1. The molecule has 114 valence electrons. The van der Waals surface area contributed by atoms with Gasteiger partial charge in [0.05, 0.1) is 7.11 Å². The molecule has 2 atom stereocenters. The van der Waals surface area contributed by atoms with Crippen molar-refractivity contribution in [2.75, 3.05) is 18.6 Å². The smallest absolute Gasteiger partial charge is 0.239 e. The van der Waals surface area contributed by atoms with Crippen molar-refractivity contribution >= 4 is 17.5 Å². The van der Waals surface area contributed by atoms with Crippen molar-refractivity contribution in [3.05, 3.63) is 24.3 Å². The zero-order chi connectivity index (χ0) is 15.4. The third-order valence-corrected chi connectivity index (χ3v) is 3.89. The van der Waals surface area contributed by atoms with Crippen LogP contribution in [-0.2, 0) is 9.59 Å². The summed E-state index contributed by atoms with van der Waals surface area (Å²) in [5.74, 6) is -0.179. The number of anilines is 1. The zero-order valence-corrected chi connectivity index (χ0v) is 12.8. The van der Waals surface area contributed by atoms with Gasteiger partial charge in [-0.2, -0.15) is 0 Å². The summed E-state index contributed by atoms with van der Waals surface area (Å²) in [7, 11) is 1.59. The highest BCUT2D eigenvalue weighted by molar-refractivity contribution is 6.09. The Labute approximate surface area is 125 Å². The van der Waals surface area contributed by atoms with Crippen LogP contribution >= 0.6 is 0 Å². The number of rotatable bonds is 5. The Balaban J connectivity index is 2.09. The molecule has 1 aromatic carbocycles. The largest absolute Gasteiger partial charge is 0.497 e. The molecule has 0 radical (unpaired) electrons. The van der Waals surface area contributed by atoms with Gasteiger partial charge in [-0.1, -0.05) is 13.0 Å². The molecule has 1 heterocycles. The van der Waals surface area contributed by atoms with E-state index in [2.05, 4.69) is 5.32 Å². The highest BCUT2D eigenvalue weighted by atomic mass is 16.5. The maximum absolute atomic E-state index is 12.4. The van der Waals surface area contributed by atoms with Crippen LogP contribution in [0.25, 0.3) is 0 Å². The van der Waals surface area contributed by atoms with E-state index in [4.69, 9.17) is 4.74 Å². The van der Waals surface area contributed by atoms with Crippen molar-refractivity contribution in [1.82, 2.24) is 5.32 Å². The fourth-order valence-corrected chi connectivity index (χ4v) is 2.40. The van der Waals surface area contributed by atoms with E-state index in [1.807, 2.05) is 38.1 Å². The van der Waals surface area contributed by atoms with Crippen LogP contribution in [0.5, 0.6) is 5.75 Å². The van der Waals surface area contributed by atoms with Crippen LogP contribution in [0, 0.1) is 5.92 Å². The van der Waals surface area contributed by atoms with Gasteiger partial charge < -0.3 is 15.0 Å². The average molecular weight is 290 g/mol. The van der Waals surface area contributed by atoms with Gasteiger partial charge in [0.1, 0.15) is 11.7 Å². The number of nitrogens with one attached hydrogen (secondary N) is 1. The molecular weight excluding hydrogens is 268 g/mol. The monoisotopic (exact) mass is 290 g/mol. The first kappa shape index (κ1) is 15.4. The summed E-state index contributed by atoms with van der Waals surface area (Å²) >= 11 is 0. The minimum Gasteiger partial charge on any atom is -0.497 e. The van der Waals surface area contributed by atoms with Gasteiger partial charge in [0.15, 0.2) is 0 Å². The van der Waals surface area contributed by atoms with Crippen LogP contribution < -0.4 is 15.0 Å². The predicted octanol–water partition coefficient (Wildman–Crippen LogP) is 1.96. The van der Waals surface area contributed by atoms with E-state index in [1.165, 1.54) is 0 Å². The lowest BCUT2D eigenvalue weighted by Crippen LogP contribution is -2.40. The van der Waals surface area contributed by atoms with Gasteiger partial charge in [0.2, 0.25) is 11.8 Å². The Morgan fingerprint density at radius 1 is 1.52 bits per heavy atom. The lowest BCUT2D eigenvalue weighted by molar-refractivity contribution is -0.132. The van der Waals surface area contributed by atoms with Crippen LogP contribution in [0.4, 0.5) is 5.69 Å². The molecule has 21 heavy (non-hydrogen) atoms. The molecule has 5 nitrogen and oxygen atoms in total. The minimum absolute atomic E-state index is 0.0937. The Morgan fingerprint density at radius 3 is 2.95 bits per heavy atom. The molecule has 1 fully saturated rings. The fraction of sp³-hybridized carbons (Fsp3) is 0.500. The average Bonchev–Trinajstić information content (AvgIpc) is 2.88. The number of hydrogen-bond donors (Lipinski definition) is 1. The van der Waals surface area contributed by atoms with E-state index in [1.54, 1.807) is 12.0 Å². The third kappa shape index (κ3) is 3.35. The molecule has 0 aromatic heterocycles. The van der Waals surface area contributed by atoms with Crippen molar-refractivity contribution in [1.29, 1.82) is 0 Å². The summed E-state index contributed by atoms with van der Waals surface area (Å²) in [6, 6.07) is 7.43. The van der Waals surface area contributed by atoms with E-state index < -0.39 is 5.92 Å². The van der Waals surface area contributed by atoms with Crippen LogP contribution in [0.2, 0.25) is 0 Å². The van der Waals surface area contributed by atoms with Crippen LogP contribution in [0.15, 0.2) is 24.3 Å². The van der Waals surface area contributed by atoms with Gasteiger partial charge in [-0.3, -0.25) is 9.59 Å². The molecule has 0 saturated carbocycles. The molecule has 1 aliphatic rings. The van der Waals surface area contributed by atoms with Gasteiger partial charge in [-0.25, -0.2) is 0 Å². The highest BCUT2D eigenvalue weighted by Crippen LogP contribution is 2.28. The summed E-state index contributed by atoms with van der Waals surface area (Å²) in [5.41, 5.74) is 0.776. The van der Waals surface area contributed by atoms with E-state index in [0.29, 0.717) is 18.7 Å². The van der Waals surface area contributed by atoms with Crippen molar-refractivity contribution in [2.24, 2.45) is 5.92 Å². The van der Waals surface area contributed by atoms with Gasteiger partial charge >= 0.3 is 0 Å². The van der Waals surface area contributed by atoms with E-state index in [-0.39, 0.29) is 17.9 Å². The molecule has 2 amide bonds. The molecule has 1 N–H and O–H groups in total. The fourth-order valence-electron chi connectivity index (χ4n) is 2.40. The van der Waals surface area contributed by atoms with Crippen LogP contribution in [-0.4, -0.2) is 31.5 Å². The molecular formula is C16H22N2O3. The molecule has 2 unspecified atom stereocenters. The Hall–Kier alpha value is -2.04. The number of nitrogens with zero attached hydrogens (tertiary/aromatic N) is 1. The van der Waals surface area contributed by atoms with Gasteiger partial charge in [0.25, 0.3) is 0 Å². The standard InChI is InChI=1S/C16H22N2O3/c1-4-11(2)17-15(19)14-8-9-18(16(14)20)12-6-5-7-13(10-12)21-3/h5-7,10-11,14H,4,8-9H2,1-3H3,(H,17,19). The maximum Gasteiger partial charge on any atom is 0.239 e. The number of methoxy groups -OCH3 is 1. The van der Waals surface area contributed by atoms with Gasteiger partial charge in [-0.05, 0) is 31.9 Å². The van der Waals surface area contributed by atoms with E-state index >= 15 is 0 Å². The maximum atomic E-state index is 12.4. The molecule has 2 rings (SSSR count). The summed E-state index contributed by atoms with van der Waals surface area (Å²) in [5, 5.41) is 2.89. The number of hydrogen-bond acceptors (Lipinski definition) is 3. The second-order valence-electron chi connectivity index (χ2n) is 5.35. The first-order chi connectivity index (χ1) is 10.1. The Kier molecular flexibility index (Phi) is 4.83. The summed E-state index contributed by atoms with van der Waals surface area (Å²) in [4.78, 5) is 26.2. The molecule has 0 spiro atoms. The number of amides is 2. The number of ether oxygens (including phenoxy) is 1. The molecule has 0 bridgehead atoms. The quantitative estimate of drug-likeness (QED) is 0.843. The van der Waals surface area contributed by atoms with Crippen LogP contribution in [0.1, 0.15) is 26.7 Å². The molecule has 1 aliphatic heterocycles. The number of carbonyl (C=O) groups is 2. The zero-order valence-electron chi connectivity index (χ0n) is 12.8. The topological polar surface area (TPSA) is 58.6 Å². The van der Waals surface area contributed by atoms with E-state index in [9.17, 15) is 9.59 Å². The molecule has 1 aromatic rings. The highest BCUT2D eigenvalue weighted by Gasteiger charge is 2.37. The van der Waals surface area contributed by atoms with Gasteiger partial charge in [-0.15, -0.1) is 0 Å². The predicted molar refractivity (Wildman–Crippen MR) is 81.3 cm³/mol. The molecule has 0 aliphatic carbocycles. The summed E-state index contributed by atoms with van der Waals surface area (Å²) < 4.78 is 5.17. The van der Waals surface area contributed by atoms with Crippen molar-refractivity contribution in [3.8, 4) is 5.75 Å². The Bertz CT molecular complexity index is 530. The van der Waals surface area contributed by atoms with Crippen molar-refractivity contribution < 1.29 is 14.3 Å². The lowest BCUT2D eigenvalue weighted by Gasteiger charge is -2.18. The first-order valence-corrected chi connectivity index (χ1v) is 7.32. The van der Waals surface area contributed by atoms with E-state index in [0.717, 1.165) is 12.1 Å². The second-order valence-corrected chi connectivity index (χ2v) is 5.35. The third-order valence-electron chi connectivity index (χ3n) is 3.89.